The standard InChI is InChI=1S/C19H18ClF3N2O3S/c20-16-7-3-1-5-14(16)13-18(26)24-9-11-25(12-10-24)29(27,28)17-8-4-2-6-15(17)19(21,22)23/h1-8H,9-13H2. The van der Waals surface area contributed by atoms with Gasteiger partial charge in [-0.1, -0.05) is 41.9 Å². The number of benzene rings is 2. The lowest BCUT2D eigenvalue weighted by molar-refractivity contribution is -0.139. The van der Waals surface area contributed by atoms with Crippen molar-refractivity contribution in [3.63, 3.8) is 0 Å². The highest BCUT2D eigenvalue weighted by molar-refractivity contribution is 7.89. The lowest BCUT2D eigenvalue weighted by Crippen LogP contribution is -2.51. The summed E-state index contributed by atoms with van der Waals surface area (Å²) < 4.78 is 66.1. The third-order valence-electron chi connectivity index (χ3n) is 4.70. The summed E-state index contributed by atoms with van der Waals surface area (Å²) in [4.78, 5) is 13.2. The molecule has 0 N–H and O–H groups in total. The molecule has 3 rings (SSSR count). The molecule has 0 saturated carbocycles. The van der Waals surface area contributed by atoms with Crippen molar-refractivity contribution < 1.29 is 26.4 Å². The fourth-order valence-electron chi connectivity index (χ4n) is 3.16. The van der Waals surface area contributed by atoms with Crippen LogP contribution >= 0.6 is 11.6 Å². The summed E-state index contributed by atoms with van der Waals surface area (Å²) in [6, 6.07) is 11.0. The van der Waals surface area contributed by atoms with Crippen LogP contribution in [0, 0.1) is 0 Å². The highest BCUT2D eigenvalue weighted by atomic mass is 35.5. The van der Waals surface area contributed by atoms with Gasteiger partial charge >= 0.3 is 6.18 Å². The zero-order chi connectivity index (χ0) is 21.2. The van der Waals surface area contributed by atoms with E-state index in [2.05, 4.69) is 0 Å². The van der Waals surface area contributed by atoms with Gasteiger partial charge in [-0.2, -0.15) is 17.5 Å². The van der Waals surface area contributed by atoms with Crippen molar-refractivity contribution in [3.8, 4) is 0 Å². The first kappa shape index (κ1) is 21.6. The van der Waals surface area contributed by atoms with Crippen molar-refractivity contribution in [1.29, 1.82) is 0 Å². The van der Waals surface area contributed by atoms with Crippen molar-refractivity contribution in [2.45, 2.75) is 17.5 Å². The summed E-state index contributed by atoms with van der Waals surface area (Å²) in [6.45, 7) is 0.0268. The van der Waals surface area contributed by atoms with Gasteiger partial charge in [-0.05, 0) is 23.8 Å². The molecule has 156 valence electrons. The van der Waals surface area contributed by atoms with Crippen LogP contribution in [0.15, 0.2) is 53.4 Å². The molecule has 1 saturated heterocycles. The molecule has 1 heterocycles. The van der Waals surface area contributed by atoms with Crippen LogP contribution in [0.5, 0.6) is 0 Å². The summed E-state index contributed by atoms with van der Waals surface area (Å²) in [7, 11) is -4.34. The number of halogens is 4. The third-order valence-corrected chi connectivity index (χ3v) is 7.03. The van der Waals surface area contributed by atoms with E-state index < -0.39 is 26.7 Å². The molecule has 1 aliphatic heterocycles. The zero-order valence-electron chi connectivity index (χ0n) is 15.2. The first-order chi connectivity index (χ1) is 13.6. The van der Waals surface area contributed by atoms with Crippen LogP contribution in [-0.4, -0.2) is 49.7 Å². The number of sulfonamides is 1. The number of amides is 1. The molecule has 2 aromatic carbocycles. The molecule has 0 aromatic heterocycles. The van der Waals surface area contributed by atoms with Crippen LogP contribution < -0.4 is 0 Å². The first-order valence-electron chi connectivity index (χ1n) is 8.78. The Balaban J connectivity index is 1.71. The normalized spacial score (nSPS) is 16.1. The van der Waals surface area contributed by atoms with Crippen molar-refractivity contribution in [2.24, 2.45) is 0 Å². The highest BCUT2D eigenvalue weighted by Crippen LogP contribution is 2.35. The number of carbonyl (C=O) groups excluding carboxylic acids is 1. The summed E-state index contributed by atoms with van der Waals surface area (Å²) in [6.07, 6.45) is -4.71. The minimum atomic E-state index is -4.78. The number of rotatable bonds is 4. The SMILES string of the molecule is O=C(Cc1ccccc1Cl)N1CCN(S(=O)(=O)c2ccccc2C(F)(F)F)CC1. The molecule has 1 amide bonds. The van der Waals surface area contributed by atoms with E-state index >= 15 is 0 Å². The van der Waals surface area contributed by atoms with E-state index in [4.69, 9.17) is 11.6 Å². The zero-order valence-corrected chi connectivity index (χ0v) is 16.8. The van der Waals surface area contributed by atoms with E-state index in [0.717, 1.165) is 22.5 Å². The van der Waals surface area contributed by atoms with Crippen molar-refractivity contribution in [1.82, 2.24) is 9.21 Å². The Hall–Kier alpha value is -2.10. The maximum atomic E-state index is 13.2. The summed E-state index contributed by atoms with van der Waals surface area (Å²) in [5.41, 5.74) is -0.537. The topological polar surface area (TPSA) is 57.7 Å². The molecule has 29 heavy (non-hydrogen) atoms. The third kappa shape index (κ3) is 4.73. The van der Waals surface area contributed by atoms with Gasteiger partial charge in [0.15, 0.2) is 0 Å². The largest absolute Gasteiger partial charge is 0.417 e. The average molecular weight is 447 g/mol. The first-order valence-corrected chi connectivity index (χ1v) is 10.6. The van der Waals surface area contributed by atoms with E-state index in [-0.39, 0.29) is 38.5 Å². The van der Waals surface area contributed by atoms with Gasteiger partial charge < -0.3 is 4.90 Å². The van der Waals surface area contributed by atoms with E-state index in [1.54, 1.807) is 24.3 Å². The number of hydrogen-bond acceptors (Lipinski definition) is 3. The van der Waals surface area contributed by atoms with Crippen molar-refractivity contribution in [2.75, 3.05) is 26.2 Å². The number of nitrogens with zero attached hydrogens (tertiary/aromatic N) is 2. The second kappa shape index (κ2) is 8.33. The number of piperazine rings is 1. The van der Waals surface area contributed by atoms with Crippen LogP contribution in [0.4, 0.5) is 13.2 Å². The molecule has 0 unspecified atom stereocenters. The van der Waals surface area contributed by atoms with E-state index in [1.165, 1.54) is 11.0 Å². The second-order valence-electron chi connectivity index (χ2n) is 6.55. The molecule has 0 bridgehead atoms. The van der Waals surface area contributed by atoms with Gasteiger partial charge in [0.05, 0.1) is 16.9 Å². The maximum Gasteiger partial charge on any atom is 0.417 e. The van der Waals surface area contributed by atoms with Crippen LogP contribution in [-0.2, 0) is 27.4 Å². The lowest BCUT2D eigenvalue weighted by atomic mass is 10.1. The molecule has 0 radical (unpaired) electrons. The second-order valence-corrected chi connectivity index (χ2v) is 8.86. The minimum absolute atomic E-state index is 0.0727. The molecule has 0 atom stereocenters. The van der Waals surface area contributed by atoms with Crippen LogP contribution in [0.2, 0.25) is 5.02 Å². The van der Waals surface area contributed by atoms with E-state index in [9.17, 15) is 26.4 Å². The van der Waals surface area contributed by atoms with Crippen molar-refractivity contribution in [3.05, 3.63) is 64.7 Å². The number of hydrogen-bond donors (Lipinski definition) is 0. The van der Waals surface area contributed by atoms with Gasteiger partial charge in [-0.25, -0.2) is 8.42 Å². The monoisotopic (exact) mass is 446 g/mol. The van der Waals surface area contributed by atoms with Crippen molar-refractivity contribution >= 4 is 27.5 Å². The van der Waals surface area contributed by atoms with Crippen LogP contribution in [0.3, 0.4) is 0 Å². The smallest absolute Gasteiger partial charge is 0.340 e. The molecule has 0 spiro atoms. The quantitative estimate of drug-likeness (QED) is 0.723. The molecule has 1 aliphatic rings. The highest BCUT2D eigenvalue weighted by Gasteiger charge is 2.39. The summed E-state index contributed by atoms with van der Waals surface area (Å²) >= 11 is 6.06. The van der Waals surface area contributed by atoms with E-state index in [1.807, 2.05) is 0 Å². The van der Waals surface area contributed by atoms with Gasteiger partial charge in [0.2, 0.25) is 15.9 Å². The maximum absolute atomic E-state index is 13.2. The van der Waals surface area contributed by atoms with Gasteiger partial charge in [0.1, 0.15) is 0 Å². The fourth-order valence-corrected chi connectivity index (χ4v) is 5.00. The minimum Gasteiger partial charge on any atom is -0.340 e. The molecular weight excluding hydrogens is 429 g/mol. The Bertz CT molecular complexity index is 1000. The summed E-state index contributed by atoms with van der Waals surface area (Å²) in [5, 5.41) is 0.464. The molecule has 1 fully saturated rings. The Morgan fingerprint density at radius 3 is 2.17 bits per heavy atom. The van der Waals surface area contributed by atoms with E-state index in [0.29, 0.717) is 10.6 Å². The van der Waals surface area contributed by atoms with Crippen LogP contribution in [0.1, 0.15) is 11.1 Å². The average Bonchev–Trinajstić information content (AvgIpc) is 2.69. The molecule has 0 aliphatic carbocycles. The number of alkyl halides is 3. The lowest BCUT2D eigenvalue weighted by Gasteiger charge is -2.34. The van der Waals surface area contributed by atoms with Gasteiger partial charge in [0, 0.05) is 31.2 Å². The Morgan fingerprint density at radius 1 is 0.966 bits per heavy atom. The molecule has 10 heteroatoms. The predicted molar refractivity (Wildman–Crippen MR) is 102 cm³/mol. The molecular formula is C19H18ClF3N2O3S. The fraction of sp³-hybridized carbons (Fsp3) is 0.316. The van der Waals surface area contributed by atoms with Gasteiger partial charge in [-0.3, -0.25) is 4.79 Å². The van der Waals surface area contributed by atoms with Gasteiger partial charge in [0.25, 0.3) is 0 Å². The Labute approximate surface area is 171 Å². The summed E-state index contributed by atoms with van der Waals surface area (Å²) in [5.74, 6) is -0.217. The number of carbonyl (C=O) groups is 1. The van der Waals surface area contributed by atoms with Gasteiger partial charge in [-0.15, -0.1) is 0 Å². The molecule has 5 nitrogen and oxygen atoms in total. The molecule has 2 aromatic rings. The predicted octanol–water partition coefficient (Wildman–Crippen LogP) is 3.43. The van der Waals surface area contributed by atoms with Crippen LogP contribution in [0.25, 0.3) is 0 Å². The Morgan fingerprint density at radius 2 is 1.55 bits per heavy atom. The Kier molecular flexibility index (Phi) is 6.21.